The van der Waals surface area contributed by atoms with Gasteiger partial charge in [-0.15, -0.1) is 0 Å². The van der Waals surface area contributed by atoms with Crippen molar-refractivity contribution in [3.63, 3.8) is 0 Å². The molecule has 2 N–H and O–H groups in total. The molecule has 86 valence electrons. The van der Waals surface area contributed by atoms with Crippen molar-refractivity contribution in [3.05, 3.63) is 23.2 Å². The lowest BCUT2D eigenvalue weighted by molar-refractivity contribution is 0.102. The Morgan fingerprint density at radius 3 is 2.80 bits per heavy atom. The third-order valence-corrected chi connectivity index (χ3v) is 2.43. The van der Waals surface area contributed by atoms with E-state index in [9.17, 15) is 0 Å². The van der Waals surface area contributed by atoms with Crippen LogP contribution in [-0.2, 0) is 17.9 Å². The summed E-state index contributed by atoms with van der Waals surface area (Å²) >= 11 is 0. The second-order valence-corrected chi connectivity index (χ2v) is 3.76. The van der Waals surface area contributed by atoms with Crippen molar-refractivity contribution in [1.29, 1.82) is 0 Å². The van der Waals surface area contributed by atoms with E-state index >= 15 is 0 Å². The van der Waals surface area contributed by atoms with Crippen LogP contribution in [0.1, 0.15) is 43.3 Å². The topological polar surface area (TPSA) is 48.4 Å². The lowest BCUT2D eigenvalue weighted by atomic mass is 10.2. The number of nitrogens with two attached hydrogens (primary N) is 1. The maximum atomic E-state index is 5.56. The van der Waals surface area contributed by atoms with E-state index < -0.39 is 0 Å². The molecule has 1 heterocycles. The van der Waals surface area contributed by atoms with E-state index in [-0.39, 0.29) is 0 Å². The van der Waals surface area contributed by atoms with Gasteiger partial charge in [0.15, 0.2) is 0 Å². The minimum atomic E-state index is 0.533. The van der Waals surface area contributed by atoms with E-state index in [0.717, 1.165) is 30.1 Å². The van der Waals surface area contributed by atoms with Crippen molar-refractivity contribution >= 4 is 0 Å². The second-order valence-electron chi connectivity index (χ2n) is 3.76. The average molecular weight is 211 g/mol. The van der Waals surface area contributed by atoms with Gasteiger partial charge in [0.05, 0.1) is 0 Å². The number of aryl methyl sites for hydroxylation is 1. The number of hydrogen-bond acceptors (Lipinski definition) is 3. The van der Waals surface area contributed by atoms with Crippen LogP contribution in [0, 0.1) is 6.92 Å². The van der Waals surface area contributed by atoms with Crippen LogP contribution in [-0.4, -0.2) is 6.61 Å². The lowest BCUT2D eigenvalue weighted by Gasteiger charge is -2.00. The number of hydrogen-bond donors (Lipinski definition) is 1. The molecule has 3 heteroatoms. The quantitative estimate of drug-likeness (QED) is 0.705. The predicted molar refractivity (Wildman–Crippen MR) is 60.5 cm³/mol. The summed E-state index contributed by atoms with van der Waals surface area (Å²) in [5, 5.41) is 0. The van der Waals surface area contributed by atoms with Crippen LogP contribution < -0.4 is 5.73 Å². The Balaban J connectivity index is 2.25. The number of unbranched alkanes of at least 4 members (excludes halogenated alkanes) is 2. The molecule has 0 unspecified atom stereocenters. The first-order valence-corrected chi connectivity index (χ1v) is 5.64. The number of ether oxygens (including phenoxy) is 1. The fraction of sp³-hybridized carbons (Fsp3) is 0.667. The lowest BCUT2D eigenvalue weighted by Crippen LogP contribution is -1.96. The summed E-state index contributed by atoms with van der Waals surface area (Å²) in [6.45, 7) is 6.02. The second kappa shape index (κ2) is 6.64. The Morgan fingerprint density at radius 1 is 1.40 bits per heavy atom. The highest BCUT2D eigenvalue weighted by molar-refractivity contribution is 5.19. The van der Waals surface area contributed by atoms with E-state index in [1.165, 1.54) is 12.8 Å². The van der Waals surface area contributed by atoms with Gasteiger partial charge < -0.3 is 14.9 Å². The molecule has 1 aromatic rings. The Morgan fingerprint density at radius 2 is 2.20 bits per heavy atom. The molecule has 1 rings (SSSR count). The molecule has 0 amide bonds. The summed E-state index contributed by atoms with van der Waals surface area (Å²) in [5.74, 6) is 1.79. The first kappa shape index (κ1) is 12.3. The fourth-order valence-electron chi connectivity index (χ4n) is 1.49. The third kappa shape index (κ3) is 4.06. The largest absolute Gasteiger partial charge is 0.464 e. The van der Waals surface area contributed by atoms with Crippen molar-refractivity contribution in [2.45, 2.75) is 46.3 Å². The molecule has 0 aliphatic carbocycles. The standard InChI is InChI=1S/C12H21NO2/c1-3-4-5-6-14-9-12-7-11(8-13)10(2)15-12/h7H,3-6,8-9,13H2,1-2H3. The van der Waals surface area contributed by atoms with Crippen molar-refractivity contribution in [2.75, 3.05) is 6.61 Å². The van der Waals surface area contributed by atoms with E-state index in [0.29, 0.717) is 13.2 Å². The summed E-state index contributed by atoms with van der Waals surface area (Å²) in [6, 6.07) is 1.98. The molecular formula is C12H21NO2. The van der Waals surface area contributed by atoms with Gasteiger partial charge in [0, 0.05) is 18.7 Å². The monoisotopic (exact) mass is 211 g/mol. The molecule has 3 nitrogen and oxygen atoms in total. The van der Waals surface area contributed by atoms with Gasteiger partial charge in [-0.3, -0.25) is 0 Å². The van der Waals surface area contributed by atoms with E-state index in [4.69, 9.17) is 14.9 Å². The van der Waals surface area contributed by atoms with Crippen LogP contribution in [0.2, 0.25) is 0 Å². The molecule has 0 saturated carbocycles. The minimum Gasteiger partial charge on any atom is -0.464 e. The van der Waals surface area contributed by atoms with E-state index in [1.54, 1.807) is 0 Å². The van der Waals surface area contributed by atoms with Crippen molar-refractivity contribution in [2.24, 2.45) is 5.73 Å². The zero-order chi connectivity index (χ0) is 11.1. The van der Waals surface area contributed by atoms with Gasteiger partial charge in [0.1, 0.15) is 18.1 Å². The highest BCUT2D eigenvalue weighted by Gasteiger charge is 2.05. The van der Waals surface area contributed by atoms with Crippen LogP contribution in [0.5, 0.6) is 0 Å². The maximum Gasteiger partial charge on any atom is 0.130 e. The molecule has 0 atom stereocenters. The van der Waals surface area contributed by atoms with Gasteiger partial charge >= 0.3 is 0 Å². The van der Waals surface area contributed by atoms with Crippen molar-refractivity contribution in [1.82, 2.24) is 0 Å². The maximum absolute atomic E-state index is 5.56. The predicted octanol–water partition coefficient (Wildman–Crippen LogP) is 2.75. The van der Waals surface area contributed by atoms with Gasteiger partial charge in [-0.05, 0) is 19.4 Å². The van der Waals surface area contributed by atoms with Gasteiger partial charge in [-0.25, -0.2) is 0 Å². The van der Waals surface area contributed by atoms with E-state index in [2.05, 4.69) is 6.92 Å². The van der Waals surface area contributed by atoms with Crippen LogP contribution in [0.25, 0.3) is 0 Å². The minimum absolute atomic E-state index is 0.533. The summed E-state index contributed by atoms with van der Waals surface area (Å²) in [4.78, 5) is 0. The Bertz CT molecular complexity index is 281. The van der Waals surface area contributed by atoms with Gasteiger partial charge in [0.2, 0.25) is 0 Å². The third-order valence-electron chi connectivity index (χ3n) is 2.43. The zero-order valence-corrected chi connectivity index (χ0v) is 9.71. The summed E-state index contributed by atoms with van der Waals surface area (Å²) in [5.41, 5.74) is 6.63. The Kier molecular flexibility index (Phi) is 5.43. The molecule has 0 fully saturated rings. The number of furan rings is 1. The fourth-order valence-corrected chi connectivity index (χ4v) is 1.49. The first-order chi connectivity index (χ1) is 7.27. The van der Waals surface area contributed by atoms with Crippen LogP contribution in [0.3, 0.4) is 0 Å². The van der Waals surface area contributed by atoms with Crippen LogP contribution >= 0.6 is 0 Å². The van der Waals surface area contributed by atoms with Gasteiger partial charge in [0.25, 0.3) is 0 Å². The van der Waals surface area contributed by atoms with E-state index in [1.807, 2.05) is 13.0 Å². The SMILES string of the molecule is CCCCCOCc1cc(CN)c(C)o1. The number of rotatable bonds is 7. The molecule has 0 radical (unpaired) electrons. The molecule has 0 aliphatic rings. The average Bonchev–Trinajstić information content (AvgIpc) is 2.59. The zero-order valence-electron chi connectivity index (χ0n) is 9.71. The highest BCUT2D eigenvalue weighted by Crippen LogP contribution is 2.14. The van der Waals surface area contributed by atoms with Gasteiger partial charge in [-0.1, -0.05) is 19.8 Å². The normalized spacial score (nSPS) is 10.9. The molecule has 0 spiro atoms. The summed E-state index contributed by atoms with van der Waals surface area (Å²) in [6.07, 6.45) is 3.58. The Hall–Kier alpha value is -0.800. The van der Waals surface area contributed by atoms with Gasteiger partial charge in [-0.2, -0.15) is 0 Å². The molecule has 0 aliphatic heterocycles. The Labute approximate surface area is 91.6 Å². The smallest absolute Gasteiger partial charge is 0.130 e. The van der Waals surface area contributed by atoms with Crippen LogP contribution in [0.4, 0.5) is 0 Å². The van der Waals surface area contributed by atoms with Crippen molar-refractivity contribution in [3.8, 4) is 0 Å². The van der Waals surface area contributed by atoms with Crippen LogP contribution in [0.15, 0.2) is 10.5 Å². The molecule has 0 bridgehead atoms. The highest BCUT2D eigenvalue weighted by atomic mass is 16.5. The molecular weight excluding hydrogens is 190 g/mol. The molecule has 0 aromatic carbocycles. The molecule has 15 heavy (non-hydrogen) atoms. The molecule has 1 aromatic heterocycles. The molecule has 0 saturated heterocycles. The first-order valence-electron chi connectivity index (χ1n) is 5.64. The summed E-state index contributed by atoms with van der Waals surface area (Å²) < 4.78 is 11.0. The van der Waals surface area contributed by atoms with Crippen molar-refractivity contribution < 1.29 is 9.15 Å². The summed E-state index contributed by atoms with van der Waals surface area (Å²) in [7, 11) is 0.